The van der Waals surface area contributed by atoms with Crippen LogP contribution in [0.5, 0.6) is 0 Å². The molecule has 0 radical (unpaired) electrons. The maximum atomic E-state index is 12.1. The number of hydrogen-bond acceptors (Lipinski definition) is 4. The summed E-state index contributed by atoms with van der Waals surface area (Å²) in [6, 6.07) is 4.06. The van der Waals surface area contributed by atoms with Crippen LogP contribution in [-0.2, 0) is 9.84 Å². The Balaban J connectivity index is 3.26. The SMILES string of the molecule is Cc1c([N+](=O)[O-])cccc1S(=O)(=O)CC(C)CCl. The molecule has 1 atom stereocenters. The molecular weight excluding hydrogens is 278 g/mol. The van der Waals surface area contributed by atoms with E-state index < -0.39 is 14.8 Å². The lowest BCUT2D eigenvalue weighted by molar-refractivity contribution is -0.385. The molecule has 1 rings (SSSR count). The van der Waals surface area contributed by atoms with E-state index in [1.807, 2.05) is 0 Å². The number of nitro groups is 1. The van der Waals surface area contributed by atoms with E-state index in [9.17, 15) is 18.5 Å². The number of rotatable bonds is 5. The molecule has 0 aliphatic carbocycles. The van der Waals surface area contributed by atoms with Crippen molar-refractivity contribution in [1.82, 2.24) is 0 Å². The summed E-state index contributed by atoms with van der Waals surface area (Å²) in [6.07, 6.45) is 0. The molecule has 0 spiro atoms. The van der Waals surface area contributed by atoms with Crippen LogP contribution in [0, 0.1) is 23.0 Å². The average Bonchev–Trinajstić information content (AvgIpc) is 2.27. The van der Waals surface area contributed by atoms with E-state index in [1.165, 1.54) is 25.1 Å². The van der Waals surface area contributed by atoms with Gasteiger partial charge in [0.1, 0.15) is 0 Å². The Kier molecular flexibility index (Phi) is 4.70. The molecule has 0 aliphatic heterocycles. The predicted molar refractivity (Wildman–Crippen MR) is 69.8 cm³/mol. The summed E-state index contributed by atoms with van der Waals surface area (Å²) >= 11 is 5.59. The summed E-state index contributed by atoms with van der Waals surface area (Å²) in [5.41, 5.74) is -0.0149. The van der Waals surface area contributed by atoms with Gasteiger partial charge in [-0.25, -0.2) is 8.42 Å². The first-order valence-electron chi connectivity index (χ1n) is 5.32. The molecule has 0 N–H and O–H groups in total. The highest BCUT2D eigenvalue weighted by molar-refractivity contribution is 7.91. The summed E-state index contributed by atoms with van der Waals surface area (Å²) in [5, 5.41) is 10.8. The Morgan fingerprint density at radius 2 is 2.06 bits per heavy atom. The quantitative estimate of drug-likeness (QED) is 0.474. The Morgan fingerprint density at radius 3 is 2.56 bits per heavy atom. The Morgan fingerprint density at radius 1 is 1.44 bits per heavy atom. The lowest BCUT2D eigenvalue weighted by atomic mass is 10.2. The standard InChI is InChI=1S/C11H14ClNO4S/c1-8(6-12)7-18(16,17)11-5-3-4-10(9(11)2)13(14)15/h3-5,8H,6-7H2,1-2H3. The molecule has 0 heterocycles. The molecule has 0 aliphatic rings. The van der Waals surface area contributed by atoms with Gasteiger partial charge in [0, 0.05) is 17.5 Å². The van der Waals surface area contributed by atoms with Crippen LogP contribution < -0.4 is 0 Å². The fourth-order valence-electron chi connectivity index (χ4n) is 1.65. The normalized spacial score (nSPS) is 13.3. The predicted octanol–water partition coefficient (Wildman–Crippen LogP) is 2.55. The highest BCUT2D eigenvalue weighted by Crippen LogP contribution is 2.26. The van der Waals surface area contributed by atoms with Gasteiger partial charge in [0.2, 0.25) is 0 Å². The van der Waals surface area contributed by atoms with E-state index in [2.05, 4.69) is 0 Å². The minimum absolute atomic E-state index is 0.00802. The summed E-state index contributed by atoms with van der Waals surface area (Å²) in [5.74, 6) is -0.0820. The van der Waals surface area contributed by atoms with Crippen molar-refractivity contribution in [2.75, 3.05) is 11.6 Å². The van der Waals surface area contributed by atoms with Gasteiger partial charge < -0.3 is 0 Å². The molecule has 0 fully saturated rings. The zero-order chi connectivity index (χ0) is 13.9. The second kappa shape index (κ2) is 5.67. The Labute approximate surface area is 111 Å². The topological polar surface area (TPSA) is 77.3 Å². The van der Waals surface area contributed by atoms with Crippen LogP contribution in [0.25, 0.3) is 0 Å². The third kappa shape index (κ3) is 3.20. The minimum Gasteiger partial charge on any atom is -0.258 e. The van der Waals surface area contributed by atoms with Gasteiger partial charge in [0.25, 0.3) is 5.69 Å². The van der Waals surface area contributed by atoms with E-state index in [4.69, 9.17) is 11.6 Å². The molecule has 0 saturated heterocycles. The number of nitrogens with zero attached hydrogens (tertiary/aromatic N) is 1. The number of alkyl halides is 1. The van der Waals surface area contributed by atoms with E-state index in [0.717, 1.165) is 0 Å². The van der Waals surface area contributed by atoms with E-state index in [1.54, 1.807) is 6.92 Å². The molecule has 1 unspecified atom stereocenters. The van der Waals surface area contributed by atoms with E-state index in [-0.39, 0.29) is 33.7 Å². The van der Waals surface area contributed by atoms with Gasteiger partial charge in [0.15, 0.2) is 9.84 Å². The molecule has 7 heteroatoms. The van der Waals surface area contributed by atoms with Crippen molar-refractivity contribution in [3.8, 4) is 0 Å². The van der Waals surface area contributed by atoms with Crippen molar-refractivity contribution in [3.63, 3.8) is 0 Å². The van der Waals surface area contributed by atoms with Gasteiger partial charge in [-0.05, 0) is 18.9 Å². The van der Waals surface area contributed by atoms with Crippen molar-refractivity contribution in [2.45, 2.75) is 18.7 Å². The third-order valence-corrected chi connectivity index (χ3v) is 5.20. The molecule has 0 aromatic heterocycles. The summed E-state index contributed by atoms with van der Waals surface area (Å²) in [6.45, 7) is 3.16. The van der Waals surface area contributed by atoms with Crippen LogP contribution in [0.15, 0.2) is 23.1 Å². The van der Waals surface area contributed by atoms with Gasteiger partial charge in [-0.1, -0.05) is 13.0 Å². The van der Waals surface area contributed by atoms with Crippen molar-refractivity contribution in [1.29, 1.82) is 0 Å². The highest BCUT2D eigenvalue weighted by Gasteiger charge is 2.24. The van der Waals surface area contributed by atoms with E-state index >= 15 is 0 Å². The molecule has 1 aromatic carbocycles. The average molecular weight is 292 g/mol. The number of nitro benzene ring substituents is 1. The second-order valence-electron chi connectivity index (χ2n) is 4.20. The molecule has 100 valence electrons. The Hall–Kier alpha value is -1.14. The number of benzene rings is 1. The van der Waals surface area contributed by atoms with Gasteiger partial charge in [0.05, 0.1) is 15.6 Å². The Bertz CT molecular complexity index is 556. The van der Waals surface area contributed by atoms with Crippen molar-refractivity contribution in [3.05, 3.63) is 33.9 Å². The second-order valence-corrected chi connectivity index (χ2v) is 6.51. The molecular formula is C11H14ClNO4S. The molecule has 18 heavy (non-hydrogen) atoms. The van der Waals surface area contributed by atoms with E-state index in [0.29, 0.717) is 0 Å². The number of sulfone groups is 1. The first-order valence-corrected chi connectivity index (χ1v) is 7.51. The van der Waals surface area contributed by atoms with Crippen LogP contribution in [0.3, 0.4) is 0 Å². The van der Waals surface area contributed by atoms with Gasteiger partial charge in [-0.2, -0.15) is 0 Å². The number of halogens is 1. The largest absolute Gasteiger partial charge is 0.273 e. The number of hydrogen-bond donors (Lipinski definition) is 0. The summed E-state index contributed by atoms with van der Waals surface area (Å²) < 4.78 is 24.2. The maximum absolute atomic E-state index is 12.1. The van der Waals surface area contributed by atoms with Crippen LogP contribution in [0.1, 0.15) is 12.5 Å². The molecule has 0 amide bonds. The summed E-state index contributed by atoms with van der Waals surface area (Å²) in [4.78, 5) is 10.2. The zero-order valence-corrected chi connectivity index (χ0v) is 11.7. The van der Waals surface area contributed by atoms with Crippen molar-refractivity contribution >= 4 is 27.1 Å². The van der Waals surface area contributed by atoms with Crippen LogP contribution in [-0.4, -0.2) is 25.0 Å². The minimum atomic E-state index is -3.55. The van der Waals surface area contributed by atoms with Gasteiger partial charge in [-0.3, -0.25) is 10.1 Å². The fraction of sp³-hybridized carbons (Fsp3) is 0.455. The lowest BCUT2D eigenvalue weighted by Crippen LogP contribution is -2.16. The zero-order valence-electron chi connectivity index (χ0n) is 10.1. The monoisotopic (exact) mass is 291 g/mol. The molecule has 0 saturated carbocycles. The molecule has 5 nitrogen and oxygen atoms in total. The van der Waals surface area contributed by atoms with Crippen LogP contribution in [0.4, 0.5) is 5.69 Å². The molecule has 1 aromatic rings. The van der Waals surface area contributed by atoms with Crippen molar-refractivity contribution < 1.29 is 13.3 Å². The van der Waals surface area contributed by atoms with Crippen molar-refractivity contribution in [2.24, 2.45) is 5.92 Å². The van der Waals surface area contributed by atoms with Gasteiger partial charge >= 0.3 is 0 Å². The maximum Gasteiger partial charge on any atom is 0.273 e. The van der Waals surface area contributed by atoms with Crippen LogP contribution in [0.2, 0.25) is 0 Å². The van der Waals surface area contributed by atoms with Gasteiger partial charge in [-0.15, -0.1) is 11.6 Å². The first-order chi connectivity index (χ1) is 8.29. The highest BCUT2D eigenvalue weighted by atomic mass is 35.5. The lowest BCUT2D eigenvalue weighted by Gasteiger charge is -2.10. The first kappa shape index (κ1) is 14.9. The fourth-order valence-corrected chi connectivity index (χ4v) is 3.79. The van der Waals surface area contributed by atoms with Crippen LogP contribution >= 0.6 is 11.6 Å². The third-order valence-electron chi connectivity index (χ3n) is 2.55. The summed E-state index contributed by atoms with van der Waals surface area (Å²) in [7, 11) is -3.55. The smallest absolute Gasteiger partial charge is 0.258 e. The molecule has 0 bridgehead atoms.